The number of carboxylic acid groups (broad SMARTS) is 1. The fourth-order valence-electron chi connectivity index (χ4n) is 1.75. The first-order chi connectivity index (χ1) is 8.28. The number of amides is 1. The SMILES string of the molecule is CC(C)(C)OC(=O)N1CCCC(C#CC(=O)O)C1. The maximum Gasteiger partial charge on any atom is 0.410 e. The van der Waals surface area contributed by atoms with Crippen molar-refractivity contribution >= 4 is 12.1 Å². The molecule has 18 heavy (non-hydrogen) atoms. The van der Waals surface area contributed by atoms with Crippen LogP contribution in [0.15, 0.2) is 0 Å². The lowest BCUT2D eigenvalue weighted by atomic mass is 9.99. The molecule has 1 amide bonds. The standard InChI is InChI=1S/C13H19NO4/c1-13(2,3)18-12(17)14-8-4-5-10(9-14)6-7-11(15)16/h10H,4-5,8-9H2,1-3H3,(H,15,16). The minimum absolute atomic E-state index is 0.0811. The molecule has 0 aliphatic carbocycles. The predicted octanol–water partition coefficient (Wildman–Crippen LogP) is 1.72. The van der Waals surface area contributed by atoms with E-state index in [9.17, 15) is 9.59 Å². The molecule has 1 unspecified atom stereocenters. The monoisotopic (exact) mass is 253 g/mol. The molecule has 1 aliphatic heterocycles. The van der Waals surface area contributed by atoms with Crippen molar-refractivity contribution in [2.75, 3.05) is 13.1 Å². The number of ether oxygens (including phenoxy) is 1. The predicted molar refractivity (Wildman–Crippen MR) is 65.9 cm³/mol. The van der Waals surface area contributed by atoms with E-state index in [4.69, 9.17) is 9.84 Å². The number of aliphatic carboxylic acids is 1. The molecule has 0 spiro atoms. The summed E-state index contributed by atoms with van der Waals surface area (Å²) >= 11 is 0. The summed E-state index contributed by atoms with van der Waals surface area (Å²) in [5.41, 5.74) is -0.517. The molecule has 5 nitrogen and oxygen atoms in total. The van der Waals surface area contributed by atoms with Crippen molar-refractivity contribution < 1.29 is 19.4 Å². The molecule has 0 aromatic rings. The Morgan fingerprint density at radius 3 is 2.61 bits per heavy atom. The van der Waals surface area contributed by atoms with Crippen molar-refractivity contribution in [1.29, 1.82) is 0 Å². The fourth-order valence-corrected chi connectivity index (χ4v) is 1.75. The summed E-state index contributed by atoms with van der Waals surface area (Å²) in [7, 11) is 0. The van der Waals surface area contributed by atoms with E-state index in [1.54, 1.807) is 4.90 Å². The van der Waals surface area contributed by atoms with Crippen molar-refractivity contribution in [3.05, 3.63) is 0 Å². The van der Waals surface area contributed by atoms with Crippen molar-refractivity contribution in [1.82, 2.24) is 4.90 Å². The minimum atomic E-state index is -1.13. The Kier molecular flexibility index (Phi) is 4.60. The summed E-state index contributed by atoms with van der Waals surface area (Å²) in [4.78, 5) is 23.8. The van der Waals surface area contributed by atoms with E-state index in [1.807, 2.05) is 20.8 Å². The van der Waals surface area contributed by atoms with Crippen LogP contribution in [-0.4, -0.2) is 40.8 Å². The first-order valence-corrected chi connectivity index (χ1v) is 6.00. The normalized spacial score (nSPS) is 19.7. The zero-order valence-electron chi connectivity index (χ0n) is 11.0. The van der Waals surface area contributed by atoms with Gasteiger partial charge in [0.05, 0.1) is 0 Å². The van der Waals surface area contributed by atoms with Crippen LogP contribution in [0.1, 0.15) is 33.6 Å². The van der Waals surface area contributed by atoms with Crippen LogP contribution in [0, 0.1) is 17.8 Å². The molecule has 0 aromatic carbocycles. The lowest BCUT2D eigenvalue weighted by Gasteiger charge is -2.32. The second-order valence-electron chi connectivity index (χ2n) is 5.34. The summed E-state index contributed by atoms with van der Waals surface area (Å²) in [5, 5.41) is 8.49. The largest absolute Gasteiger partial charge is 0.472 e. The maximum absolute atomic E-state index is 11.8. The first kappa shape index (κ1) is 14.4. The van der Waals surface area contributed by atoms with E-state index >= 15 is 0 Å². The topological polar surface area (TPSA) is 66.8 Å². The van der Waals surface area contributed by atoms with Crippen LogP contribution in [0.2, 0.25) is 0 Å². The summed E-state index contributed by atoms with van der Waals surface area (Å²) in [5.74, 6) is 3.56. The minimum Gasteiger partial charge on any atom is -0.472 e. The number of carbonyl (C=O) groups is 2. The van der Waals surface area contributed by atoms with Crippen LogP contribution >= 0.6 is 0 Å². The highest BCUT2D eigenvalue weighted by atomic mass is 16.6. The van der Waals surface area contributed by atoms with Crippen LogP contribution < -0.4 is 0 Å². The highest BCUT2D eigenvalue weighted by Crippen LogP contribution is 2.18. The van der Waals surface area contributed by atoms with Gasteiger partial charge in [0.25, 0.3) is 0 Å². The fraction of sp³-hybridized carbons (Fsp3) is 0.692. The Morgan fingerprint density at radius 1 is 1.39 bits per heavy atom. The van der Waals surface area contributed by atoms with E-state index in [1.165, 1.54) is 0 Å². The molecule has 1 aliphatic rings. The molecule has 1 N–H and O–H groups in total. The second-order valence-corrected chi connectivity index (χ2v) is 5.34. The van der Waals surface area contributed by atoms with Gasteiger partial charge in [-0.2, -0.15) is 0 Å². The third-order valence-corrected chi connectivity index (χ3v) is 2.46. The third-order valence-electron chi connectivity index (χ3n) is 2.46. The zero-order chi connectivity index (χ0) is 13.8. The van der Waals surface area contributed by atoms with E-state index in [-0.39, 0.29) is 12.0 Å². The van der Waals surface area contributed by atoms with Gasteiger partial charge in [-0.05, 0) is 33.6 Å². The van der Waals surface area contributed by atoms with Gasteiger partial charge in [0.1, 0.15) is 5.60 Å². The van der Waals surface area contributed by atoms with E-state index in [0.29, 0.717) is 13.1 Å². The number of rotatable bonds is 0. The van der Waals surface area contributed by atoms with Gasteiger partial charge in [-0.1, -0.05) is 5.92 Å². The Hall–Kier alpha value is -1.70. The van der Waals surface area contributed by atoms with Crippen LogP contribution in [-0.2, 0) is 9.53 Å². The van der Waals surface area contributed by atoms with Gasteiger partial charge in [-0.25, -0.2) is 9.59 Å². The van der Waals surface area contributed by atoms with Crippen molar-refractivity contribution in [3.63, 3.8) is 0 Å². The molecule has 1 atom stereocenters. The van der Waals surface area contributed by atoms with Crippen LogP contribution in [0.25, 0.3) is 0 Å². The molecular weight excluding hydrogens is 234 g/mol. The first-order valence-electron chi connectivity index (χ1n) is 6.00. The lowest BCUT2D eigenvalue weighted by molar-refractivity contribution is -0.130. The second kappa shape index (κ2) is 5.76. The van der Waals surface area contributed by atoms with Gasteiger partial charge in [0.2, 0.25) is 0 Å². The molecule has 100 valence electrons. The maximum atomic E-state index is 11.8. The van der Waals surface area contributed by atoms with E-state index in [2.05, 4.69) is 11.8 Å². The van der Waals surface area contributed by atoms with Gasteiger partial charge in [0, 0.05) is 24.9 Å². The van der Waals surface area contributed by atoms with Gasteiger partial charge in [-0.3, -0.25) is 0 Å². The number of piperidine rings is 1. The molecular formula is C13H19NO4. The Morgan fingerprint density at radius 2 is 2.06 bits per heavy atom. The molecule has 1 rings (SSSR count). The van der Waals surface area contributed by atoms with Gasteiger partial charge in [-0.15, -0.1) is 0 Å². The molecule has 0 aromatic heterocycles. The van der Waals surface area contributed by atoms with Crippen molar-refractivity contribution in [3.8, 4) is 11.8 Å². The van der Waals surface area contributed by atoms with Crippen LogP contribution in [0.5, 0.6) is 0 Å². The number of carbonyl (C=O) groups excluding carboxylic acids is 1. The Balaban J connectivity index is 2.57. The highest BCUT2D eigenvalue weighted by Gasteiger charge is 2.26. The molecule has 1 saturated heterocycles. The van der Waals surface area contributed by atoms with Gasteiger partial charge < -0.3 is 14.7 Å². The smallest absolute Gasteiger partial charge is 0.410 e. The summed E-state index contributed by atoms with van der Waals surface area (Å²) in [6.45, 7) is 6.53. The summed E-state index contributed by atoms with van der Waals surface area (Å²) < 4.78 is 5.27. The number of hydrogen-bond acceptors (Lipinski definition) is 3. The molecule has 0 radical (unpaired) electrons. The van der Waals surface area contributed by atoms with Crippen molar-refractivity contribution in [2.45, 2.75) is 39.2 Å². The van der Waals surface area contributed by atoms with Crippen LogP contribution in [0.4, 0.5) is 4.79 Å². The van der Waals surface area contributed by atoms with E-state index in [0.717, 1.165) is 12.8 Å². The zero-order valence-corrected chi connectivity index (χ0v) is 11.0. The average Bonchev–Trinajstić information content (AvgIpc) is 2.24. The quantitative estimate of drug-likeness (QED) is 0.667. The number of carboxylic acids is 1. The number of nitrogens with zero attached hydrogens (tertiary/aromatic N) is 1. The van der Waals surface area contributed by atoms with Gasteiger partial charge >= 0.3 is 12.1 Å². The lowest BCUT2D eigenvalue weighted by Crippen LogP contribution is -2.42. The summed E-state index contributed by atoms with van der Waals surface area (Å²) in [6.07, 6.45) is 1.28. The molecule has 1 fully saturated rings. The van der Waals surface area contributed by atoms with E-state index < -0.39 is 11.6 Å². The highest BCUT2D eigenvalue weighted by molar-refractivity contribution is 5.86. The molecule has 1 heterocycles. The molecule has 5 heteroatoms. The van der Waals surface area contributed by atoms with Gasteiger partial charge in [0.15, 0.2) is 0 Å². The Labute approximate surface area is 107 Å². The number of hydrogen-bond donors (Lipinski definition) is 1. The average molecular weight is 253 g/mol. The molecule has 0 saturated carbocycles. The van der Waals surface area contributed by atoms with Crippen molar-refractivity contribution in [2.24, 2.45) is 5.92 Å². The summed E-state index contributed by atoms with van der Waals surface area (Å²) in [6, 6.07) is 0. The number of likely N-dealkylation sites (tertiary alicyclic amines) is 1. The Bertz CT molecular complexity index is 386. The third kappa shape index (κ3) is 5.09. The molecule has 0 bridgehead atoms. The van der Waals surface area contributed by atoms with Crippen LogP contribution in [0.3, 0.4) is 0 Å².